The highest BCUT2D eigenvalue weighted by molar-refractivity contribution is 5.72. The maximum absolute atomic E-state index is 9.59. The Balaban J connectivity index is -0.0000000502. The number of ether oxygens (including phenoxy) is 2. The van der Waals surface area contributed by atoms with Crippen LogP contribution < -0.4 is 0 Å². The lowest BCUT2D eigenvalue weighted by atomic mass is 10.2. The van der Waals surface area contributed by atoms with E-state index in [0.717, 1.165) is 0 Å². The summed E-state index contributed by atoms with van der Waals surface area (Å²) in [6.07, 6.45) is 8.17. The molecule has 0 aliphatic carbocycles. The molecule has 0 fully saturated rings. The number of hydrogen-bond acceptors (Lipinski definition) is 5. The fraction of sp³-hybridized carbons (Fsp3) is 0.621. The van der Waals surface area contributed by atoms with E-state index in [1.807, 2.05) is 39.8 Å². The van der Waals surface area contributed by atoms with Crippen molar-refractivity contribution in [2.45, 2.75) is 111 Å². The minimum atomic E-state index is -0.245. The lowest BCUT2D eigenvalue weighted by Crippen LogP contribution is -1.88. The second-order valence-electron chi connectivity index (χ2n) is 7.70. The molecule has 0 radical (unpaired) electrons. The van der Waals surface area contributed by atoms with E-state index in [1.54, 1.807) is 0 Å². The van der Waals surface area contributed by atoms with Crippen LogP contribution in [0, 0.1) is 0 Å². The van der Waals surface area contributed by atoms with Gasteiger partial charge in [-0.3, -0.25) is 9.59 Å². The van der Waals surface area contributed by atoms with Crippen molar-refractivity contribution in [2.75, 3.05) is 14.2 Å². The molecule has 34 heavy (non-hydrogen) atoms. The third-order valence-corrected chi connectivity index (χ3v) is 3.06. The highest BCUT2D eigenvalue weighted by atomic mass is 16.5. The topological polar surface area (TPSA) is 69.7 Å². The Kier molecular flexibility index (Phi) is 63.6. The number of allylic oxidation sites excluding steroid dienone is 8. The summed E-state index contributed by atoms with van der Waals surface area (Å²) >= 11 is 0. The number of carbonyl (C=O) groups excluding carboxylic acids is 3. The Morgan fingerprint density at radius 2 is 0.588 bits per heavy atom. The van der Waals surface area contributed by atoms with Crippen LogP contribution in [-0.4, -0.2) is 31.9 Å². The Hall–Kier alpha value is -2.43. The smallest absolute Gasteiger partial charge is 0.302 e. The van der Waals surface area contributed by atoms with E-state index in [0.29, 0.717) is 0 Å². The summed E-state index contributed by atoms with van der Waals surface area (Å²) in [5.74, 6) is -0.324. The van der Waals surface area contributed by atoms with Gasteiger partial charge in [-0.1, -0.05) is 46.6 Å². The average molecular weight is 487 g/mol. The molecule has 0 spiro atoms. The van der Waals surface area contributed by atoms with E-state index in [4.69, 9.17) is 0 Å². The predicted molar refractivity (Wildman–Crippen MR) is 152 cm³/mol. The fourth-order valence-electron chi connectivity index (χ4n) is 0. The molecule has 5 nitrogen and oxygen atoms in total. The van der Waals surface area contributed by atoms with Gasteiger partial charge < -0.3 is 14.3 Å². The maximum Gasteiger partial charge on any atom is 0.302 e. The van der Waals surface area contributed by atoms with Crippen molar-refractivity contribution in [2.24, 2.45) is 0 Å². The number of hydrogen-bond donors (Lipinski definition) is 0. The van der Waals surface area contributed by atoms with Crippen molar-refractivity contribution >= 4 is 17.7 Å². The lowest BCUT2D eigenvalue weighted by Gasteiger charge is -1.88. The largest absolute Gasteiger partial charge is 0.469 e. The molecule has 0 aliphatic heterocycles. The van der Waals surface area contributed by atoms with E-state index in [-0.39, 0.29) is 17.7 Å². The van der Waals surface area contributed by atoms with E-state index < -0.39 is 0 Å². The monoisotopic (exact) mass is 486 g/mol. The third-order valence-electron chi connectivity index (χ3n) is 3.06. The second-order valence-corrected chi connectivity index (χ2v) is 7.70. The molecule has 0 amide bonds. The molecule has 5 heteroatoms. The minimum absolute atomic E-state index is 0.167. The van der Waals surface area contributed by atoms with Crippen LogP contribution in [0.1, 0.15) is 111 Å². The van der Waals surface area contributed by atoms with Crippen molar-refractivity contribution in [1.29, 1.82) is 0 Å². The standard InChI is InChI=1S/C6H12.2C5H10.C4H8.2C3H6O2.C3H6O/c1-5(2)6(3)4;2*1-4-5(2)3;1-3-4-2;2*1-3(4)5-2;1-3(2)4/h1-4H3;2*4H,1-3H3;3-4H,1-2H3;2*1-2H3;1-2H3/b;;;4-3+;;;. The summed E-state index contributed by atoms with van der Waals surface area (Å²) < 4.78 is 8.22. The second kappa shape index (κ2) is 44.3. The van der Waals surface area contributed by atoms with Crippen molar-refractivity contribution < 1.29 is 23.9 Å². The van der Waals surface area contributed by atoms with Gasteiger partial charge >= 0.3 is 11.9 Å². The summed E-state index contributed by atoms with van der Waals surface area (Å²) in [4.78, 5) is 28.6. The third kappa shape index (κ3) is 216. The van der Waals surface area contributed by atoms with Gasteiger partial charge in [0, 0.05) is 13.8 Å². The van der Waals surface area contributed by atoms with Gasteiger partial charge in [-0.2, -0.15) is 0 Å². The van der Waals surface area contributed by atoms with Crippen LogP contribution in [0.5, 0.6) is 0 Å². The molecule has 0 rings (SSSR count). The van der Waals surface area contributed by atoms with Crippen LogP contribution in [0.25, 0.3) is 0 Å². The van der Waals surface area contributed by atoms with Crippen LogP contribution in [0.3, 0.4) is 0 Å². The number of esters is 2. The number of Topliss-reactive ketones (excluding diaryl/α,β-unsaturated/α-hetero) is 1. The van der Waals surface area contributed by atoms with Gasteiger partial charge in [0.05, 0.1) is 14.2 Å². The summed E-state index contributed by atoms with van der Waals surface area (Å²) in [6.45, 7) is 30.7. The van der Waals surface area contributed by atoms with E-state index in [1.165, 1.54) is 64.2 Å². The maximum atomic E-state index is 9.59. The van der Waals surface area contributed by atoms with Crippen LogP contribution in [-0.2, 0) is 23.9 Å². The number of methoxy groups -OCH3 is 2. The molecule has 0 bridgehead atoms. The summed E-state index contributed by atoms with van der Waals surface area (Å²) in [6, 6.07) is 0. The molecule has 0 heterocycles. The SMILES string of the molecule is C/C=C/C.CC(C)=C(C)C.CC(C)=O.CC=C(C)C.CC=C(C)C.COC(C)=O.COC(C)=O. The molecule has 0 saturated carbocycles. The van der Waals surface area contributed by atoms with Crippen LogP contribution >= 0.6 is 0 Å². The van der Waals surface area contributed by atoms with Gasteiger partial charge in [-0.05, 0) is 96.9 Å². The highest BCUT2D eigenvalue weighted by Crippen LogP contribution is 1.97. The Bertz CT molecular complexity index is 513. The zero-order valence-corrected chi connectivity index (χ0v) is 25.9. The first-order valence-corrected chi connectivity index (χ1v) is 11.3. The molecule has 0 unspecified atom stereocenters. The summed E-state index contributed by atoms with van der Waals surface area (Å²) in [7, 11) is 2.70. The van der Waals surface area contributed by atoms with Crippen LogP contribution in [0.15, 0.2) is 46.6 Å². The molecule has 204 valence electrons. The molecule has 0 atom stereocenters. The molecule has 0 aromatic heterocycles. The minimum Gasteiger partial charge on any atom is -0.469 e. The molecule has 0 aromatic rings. The number of rotatable bonds is 0. The van der Waals surface area contributed by atoms with Gasteiger partial charge in [0.15, 0.2) is 0 Å². The first-order valence-electron chi connectivity index (χ1n) is 11.3. The molecule has 0 saturated heterocycles. The molecule has 0 aromatic carbocycles. The van der Waals surface area contributed by atoms with Crippen molar-refractivity contribution in [3.63, 3.8) is 0 Å². The lowest BCUT2D eigenvalue weighted by molar-refractivity contribution is -0.138. The van der Waals surface area contributed by atoms with Gasteiger partial charge in [0.25, 0.3) is 0 Å². The Morgan fingerprint density at radius 1 is 0.471 bits per heavy atom. The number of carbonyl (C=O) groups is 3. The van der Waals surface area contributed by atoms with Gasteiger partial charge in [0.1, 0.15) is 5.78 Å². The summed E-state index contributed by atoms with van der Waals surface area (Å²) in [5, 5.41) is 0. The van der Waals surface area contributed by atoms with Gasteiger partial charge in [-0.25, -0.2) is 0 Å². The normalized spacial score (nSPS) is 7.35. The Labute approximate surface area is 213 Å². The summed E-state index contributed by atoms with van der Waals surface area (Å²) in [5.41, 5.74) is 5.61. The van der Waals surface area contributed by atoms with Crippen molar-refractivity contribution in [3.8, 4) is 0 Å². The zero-order valence-electron chi connectivity index (χ0n) is 25.9. The van der Waals surface area contributed by atoms with Gasteiger partial charge in [0.2, 0.25) is 0 Å². The zero-order chi connectivity index (χ0) is 29.3. The molecular formula is C29H58O5. The van der Waals surface area contributed by atoms with E-state index in [2.05, 4.69) is 77.0 Å². The molecule has 0 N–H and O–H groups in total. The molecule has 0 aliphatic rings. The van der Waals surface area contributed by atoms with Gasteiger partial charge in [-0.15, -0.1) is 0 Å². The Morgan fingerprint density at radius 3 is 0.588 bits per heavy atom. The van der Waals surface area contributed by atoms with Crippen LogP contribution in [0.2, 0.25) is 0 Å². The van der Waals surface area contributed by atoms with Crippen LogP contribution in [0.4, 0.5) is 0 Å². The van der Waals surface area contributed by atoms with E-state index >= 15 is 0 Å². The first-order chi connectivity index (χ1) is 15.4. The van der Waals surface area contributed by atoms with Crippen molar-refractivity contribution in [1.82, 2.24) is 0 Å². The predicted octanol–water partition coefficient (Wildman–Crippen LogP) is 8.84. The quantitative estimate of drug-likeness (QED) is 0.252. The average Bonchev–Trinajstić information content (AvgIpc) is 2.74. The number of ketones is 1. The highest BCUT2D eigenvalue weighted by Gasteiger charge is 1.76. The fourth-order valence-corrected chi connectivity index (χ4v) is 0. The molecular weight excluding hydrogens is 428 g/mol. The van der Waals surface area contributed by atoms with E-state index in [9.17, 15) is 14.4 Å². The first kappa shape index (κ1) is 48.9. The van der Waals surface area contributed by atoms with Crippen molar-refractivity contribution in [3.05, 3.63) is 46.6 Å².